The van der Waals surface area contributed by atoms with Crippen LogP contribution in [0.2, 0.25) is 0 Å². The normalized spacial score (nSPS) is 11.4. The van der Waals surface area contributed by atoms with Crippen molar-refractivity contribution in [3.63, 3.8) is 0 Å². The Morgan fingerprint density at radius 1 is 0.931 bits per heavy atom. The number of halogens is 1. The van der Waals surface area contributed by atoms with Gasteiger partial charge in [0.15, 0.2) is 15.8 Å². The fraction of sp³-hybridized carbons (Fsp3) is 0.300. The molecule has 0 aromatic heterocycles. The van der Waals surface area contributed by atoms with Crippen molar-refractivity contribution in [1.29, 1.82) is 0 Å². The Kier molecular flexibility index (Phi) is 9.57. The van der Waals surface area contributed by atoms with Gasteiger partial charge in [0.05, 0.1) is 4.90 Å². The predicted octanol–water partition coefficient (Wildman–Crippen LogP) is 2.28. The van der Waals surface area contributed by atoms with Gasteiger partial charge in [-0.1, -0.05) is 24.3 Å². The molecule has 9 heteroatoms. The summed E-state index contributed by atoms with van der Waals surface area (Å²) in [5, 5.41) is 6.40. The number of amides is 1. The first-order chi connectivity index (χ1) is 13.2. The van der Waals surface area contributed by atoms with E-state index >= 15 is 0 Å². The topological polar surface area (TPSA) is 90.9 Å². The van der Waals surface area contributed by atoms with Crippen LogP contribution in [0.4, 0.5) is 0 Å². The molecule has 1 amide bonds. The maximum atomic E-state index is 11.9. The second-order valence-corrected chi connectivity index (χ2v) is 8.61. The molecule has 0 heterocycles. The monoisotopic (exact) mass is 530 g/mol. The maximum Gasteiger partial charge on any atom is 0.253 e. The highest BCUT2D eigenvalue weighted by Gasteiger charge is 2.08. The van der Waals surface area contributed by atoms with Gasteiger partial charge in [0, 0.05) is 46.1 Å². The van der Waals surface area contributed by atoms with Crippen molar-refractivity contribution in [1.82, 2.24) is 15.5 Å². The van der Waals surface area contributed by atoms with Crippen LogP contribution in [0.5, 0.6) is 0 Å². The van der Waals surface area contributed by atoms with Crippen LogP contribution in [0.1, 0.15) is 21.5 Å². The van der Waals surface area contributed by atoms with E-state index < -0.39 is 9.84 Å². The van der Waals surface area contributed by atoms with Gasteiger partial charge < -0.3 is 15.5 Å². The van der Waals surface area contributed by atoms with Crippen LogP contribution in [-0.4, -0.2) is 52.6 Å². The zero-order chi connectivity index (χ0) is 20.7. The molecule has 0 fully saturated rings. The first kappa shape index (κ1) is 24.9. The van der Waals surface area contributed by atoms with E-state index in [9.17, 15) is 13.2 Å². The smallest absolute Gasteiger partial charge is 0.253 e. The van der Waals surface area contributed by atoms with Gasteiger partial charge >= 0.3 is 0 Å². The zero-order valence-electron chi connectivity index (χ0n) is 17.0. The third-order valence-electron chi connectivity index (χ3n) is 4.10. The van der Waals surface area contributed by atoms with Crippen molar-refractivity contribution in [2.75, 3.05) is 27.4 Å². The van der Waals surface area contributed by atoms with E-state index in [1.165, 1.54) is 6.26 Å². The number of carbonyl (C=O) groups excluding carboxylic acids is 1. The lowest BCUT2D eigenvalue weighted by molar-refractivity contribution is 0.0827. The molecule has 2 N–H and O–H groups in total. The first-order valence-corrected chi connectivity index (χ1v) is 10.6. The fourth-order valence-corrected chi connectivity index (χ4v) is 3.10. The van der Waals surface area contributed by atoms with Gasteiger partial charge in [-0.2, -0.15) is 0 Å². The van der Waals surface area contributed by atoms with Crippen LogP contribution in [0.25, 0.3) is 0 Å². The molecule has 0 atom stereocenters. The minimum atomic E-state index is -3.19. The summed E-state index contributed by atoms with van der Waals surface area (Å²) in [6.45, 7) is 1.07. The van der Waals surface area contributed by atoms with Crippen molar-refractivity contribution in [3.8, 4) is 0 Å². The van der Waals surface area contributed by atoms with Crippen molar-refractivity contribution in [2.45, 2.75) is 18.0 Å². The van der Waals surface area contributed by atoms with Crippen LogP contribution >= 0.6 is 24.0 Å². The number of aliphatic imine (C=N–C) groups is 1. The van der Waals surface area contributed by atoms with E-state index in [2.05, 4.69) is 15.6 Å². The van der Waals surface area contributed by atoms with Crippen LogP contribution < -0.4 is 10.6 Å². The number of nitrogens with one attached hydrogen (secondary N) is 2. The summed E-state index contributed by atoms with van der Waals surface area (Å²) in [5.41, 5.74) is 2.62. The summed E-state index contributed by atoms with van der Waals surface area (Å²) < 4.78 is 23.0. The summed E-state index contributed by atoms with van der Waals surface area (Å²) in [6, 6.07) is 14.2. The lowest BCUT2D eigenvalue weighted by Gasteiger charge is -2.13. The van der Waals surface area contributed by atoms with E-state index in [-0.39, 0.29) is 29.9 Å². The van der Waals surface area contributed by atoms with Crippen molar-refractivity contribution < 1.29 is 13.2 Å². The zero-order valence-corrected chi connectivity index (χ0v) is 20.1. The minimum Gasteiger partial charge on any atom is -0.352 e. The van der Waals surface area contributed by atoms with E-state index in [0.29, 0.717) is 29.5 Å². The standard InChI is InChI=1S/C20H26N4O3S.HI/c1-21-20(23-14-16-7-11-18(12-8-16)28(4,26)27)22-13-15-5-9-17(10-6-15)19(25)24(2)3;/h5-12H,13-14H2,1-4H3,(H2,21,22,23);1H. The van der Waals surface area contributed by atoms with Gasteiger partial charge in [-0.3, -0.25) is 9.79 Å². The molecule has 2 rings (SSSR count). The number of sulfone groups is 1. The second-order valence-electron chi connectivity index (χ2n) is 6.59. The second kappa shape index (κ2) is 11.1. The molecule has 0 aliphatic rings. The molecule has 0 bridgehead atoms. The molecule has 0 saturated carbocycles. The number of carbonyl (C=O) groups is 1. The average molecular weight is 530 g/mol. The van der Waals surface area contributed by atoms with Gasteiger partial charge in [0.1, 0.15) is 0 Å². The Morgan fingerprint density at radius 3 is 1.76 bits per heavy atom. The van der Waals surface area contributed by atoms with Crippen LogP contribution in [-0.2, 0) is 22.9 Å². The van der Waals surface area contributed by atoms with Crippen LogP contribution in [0, 0.1) is 0 Å². The molecular weight excluding hydrogens is 503 g/mol. The van der Waals surface area contributed by atoms with Gasteiger partial charge in [-0.25, -0.2) is 8.42 Å². The number of benzene rings is 2. The van der Waals surface area contributed by atoms with Gasteiger partial charge in [-0.15, -0.1) is 24.0 Å². The predicted molar refractivity (Wildman–Crippen MR) is 126 cm³/mol. The number of hydrogen-bond acceptors (Lipinski definition) is 4. The average Bonchev–Trinajstić information content (AvgIpc) is 2.67. The van der Waals surface area contributed by atoms with Gasteiger partial charge in [-0.05, 0) is 35.4 Å². The molecule has 0 saturated heterocycles. The Labute approximate surface area is 189 Å². The number of nitrogens with zero attached hydrogens (tertiary/aromatic N) is 2. The van der Waals surface area contributed by atoms with E-state index in [4.69, 9.17) is 0 Å². The third kappa shape index (κ3) is 7.65. The first-order valence-electron chi connectivity index (χ1n) is 8.75. The highest BCUT2D eigenvalue weighted by molar-refractivity contribution is 14.0. The van der Waals surface area contributed by atoms with E-state index in [1.54, 1.807) is 62.4 Å². The Morgan fingerprint density at radius 2 is 1.38 bits per heavy atom. The Bertz CT molecular complexity index is 941. The Balaban J connectivity index is 0.00000420. The van der Waals surface area contributed by atoms with Crippen molar-refractivity contribution in [3.05, 3.63) is 65.2 Å². The molecule has 2 aromatic carbocycles. The van der Waals surface area contributed by atoms with Gasteiger partial charge in [0.2, 0.25) is 0 Å². The molecule has 2 aromatic rings. The summed E-state index contributed by atoms with van der Waals surface area (Å²) >= 11 is 0. The highest BCUT2D eigenvalue weighted by Crippen LogP contribution is 2.10. The van der Waals surface area contributed by atoms with Crippen LogP contribution in [0.3, 0.4) is 0 Å². The number of rotatable bonds is 6. The van der Waals surface area contributed by atoms with E-state index in [1.807, 2.05) is 12.1 Å². The quantitative estimate of drug-likeness (QED) is 0.340. The highest BCUT2D eigenvalue weighted by atomic mass is 127. The van der Waals surface area contributed by atoms with Crippen LogP contribution in [0.15, 0.2) is 58.4 Å². The minimum absolute atomic E-state index is 0. The largest absolute Gasteiger partial charge is 0.352 e. The number of hydrogen-bond donors (Lipinski definition) is 2. The Hall–Kier alpha value is -2.14. The van der Waals surface area contributed by atoms with E-state index in [0.717, 1.165) is 11.1 Å². The number of guanidine groups is 1. The molecule has 0 unspecified atom stereocenters. The summed E-state index contributed by atoms with van der Waals surface area (Å²) in [4.78, 5) is 17.9. The molecule has 0 spiro atoms. The molecule has 158 valence electrons. The summed E-state index contributed by atoms with van der Waals surface area (Å²) in [7, 11) is 1.94. The molecule has 0 aliphatic carbocycles. The molecular formula is C20H27IN4O3S. The summed E-state index contributed by atoms with van der Waals surface area (Å²) in [5.74, 6) is 0.597. The molecule has 0 radical (unpaired) electrons. The third-order valence-corrected chi connectivity index (χ3v) is 5.23. The van der Waals surface area contributed by atoms with Crippen molar-refractivity contribution >= 4 is 45.7 Å². The summed E-state index contributed by atoms with van der Waals surface area (Å²) in [6.07, 6.45) is 1.19. The lowest BCUT2D eigenvalue weighted by Crippen LogP contribution is -2.36. The SMILES string of the molecule is CN=C(NCc1ccc(C(=O)N(C)C)cc1)NCc1ccc(S(C)(=O)=O)cc1.I. The maximum absolute atomic E-state index is 11.9. The molecule has 0 aliphatic heterocycles. The molecule has 29 heavy (non-hydrogen) atoms. The lowest BCUT2D eigenvalue weighted by atomic mass is 10.1. The fourth-order valence-electron chi connectivity index (χ4n) is 2.47. The van der Waals surface area contributed by atoms with Crippen molar-refractivity contribution in [2.24, 2.45) is 4.99 Å². The van der Waals surface area contributed by atoms with Gasteiger partial charge in [0.25, 0.3) is 5.91 Å². The molecule has 7 nitrogen and oxygen atoms in total.